The second-order valence-electron chi connectivity index (χ2n) is 5.66. The van der Waals surface area contributed by atoms with E-state index < -0.39 is 33.8 Å². The summed E-state index contributed by atoms with van der Waals surface area (Å²) in [6, 6.07) is 7.37. The van der Waals surface area contributed by atoms with E-state index in [4.69, 9.17) is 9.47 Å². The van der Waals surface area contributed by atoms with Crippen molar-refractivity contribution >= 4 is 21.7 Å². The van der Waals surface area contributed by atoms with E-state index in [1.807, 2.05) is 6.07 Å². The Morgan fingerprint density at radius 3 is 2.50 bits per heavy atom. The smallest absolute Gasteiger partial charge is 0.328 e. The highest BCUT2D eigenvalue weighted by atomic mass is 32.2. The molecule has 1 heterocycles. The van der Waals surface area contributed by atoms with Gasteiger partial charge in [0.2, 0.25) is 0 Å². The number of amides is 1. The molecule has 2 rings (SSSR count). The molecule has 0 saturated carbocycles. The Bertz CT molecular complexity index is 688. The van der Waals surface area contributed by atoms with Crippen LogP contribution in [0.1, 0.15) is 13.3 Å². The number of para-hydroxylation sites is 1. The van der Waals surface area contributed by atoms with Gasteiger partial charge in [-0.1, -0.05) is 18.2 Å². The molecule has 1 aliphatic rings. The van der Waals surface area contributed by atoms with E-state index in [1.54, 1.807) is 24.3 Å². The van der Waals surface area contributed by atoms with Crippen molar-refractivity contribution in [1.29, 1.82) is 0 Å². The van der Waals surface area contributed by atoms with Crippen molar-refractivity contribution < 1.29 is 27.5 Å². The van der Waals surface area contributed by atoms with Gasteiger partial charge in [-0.3, -0.25) is 4.79 Å². The van der Waals surface area contributed by atoms with Crippen LogP contribution in [0.5, 0.6) is 5.75 Å². The fourth-order valence-electron chi connectivity index (χ4n) is 2.75. The molecule has 0 aliphatic carbocycles. The zero-order valence-corrected chi connectivity index (χ0v) is 14.5. The fraction of sp³-hybridized carbons (Fsp3) is 0.500. The molecular formula is C16H21NO6S. The van der Waals surface area contributed by atoms with Crippen LogP contribution < -0.4 is 4.74 Å². The van der Waals surface area contributed by atoms with Crippen molar-refractivity contribution in [1.82, 2.24) is 4.90 Å². The molecule has 0 unspecified atom stereocenters. The molecule has 1 aromatic carbocycles. The summed E-state index contributed by atoms with van der Waals surface area (Å²) in [5.74, 6) is -0.651. The predicted molar refractivity (Wildman–Crippen MR) is 87.3 cm³/mol. The second kappa shape index (κ2) is 7.65. The number of carbonyl (C=O) groups excluding carboxylic acids is 2. The highest BCUT2D eigenvalue weighted by molar-refractivity contribution is 7.91. The van der Waals surface area contributed by atoms with Crippen LogP contribution in [0.4, 0.5) is 0 Å². The van der Waals surface area contributed by atoms with Gasteiger partial charge in [0.1, 0.15) is 11.8 Å². The van der Waals surface area contributed by atoms with E-state index in [1.165, 1.54) is 18.9 Å². The van der Waals surface area contributed by atoms with Crippen molar-refractivity contribution in [2.75, 3.05) is 25.2 Å². The van der Waals surface area contributed by atoms with Crippen LogP contribution in [0.2, 0.25) is 0 Å². The first-order chi connectivity index (χ1) is 11.3. The Labute approximate surface area is 141 Å². The largest absolute Gasteiger partial charge is 0.484 e. The number of carbonyl (C=O) groups is 2. The van der Waals surface area contributed by atoms with Gasteiger partial charge in [-0.25, -0.2) is 13.2 Å². The van der Waals surface area contributed by atoms with E-state index in [0.29, 0.717) is 12.2 Å². The summed E-state index contributed by atoms with van der Waals surface area (Å²) < 4.78 is 33.6. The van der Waals surface area contributed by atoms with Crippen molar-refractivity contribution in [3.8, 4) is 5.75 Å². The molecule has 0 N–H and O–H groups in total. The first kappa shape index (κ1) is 18.3. The zero-order chi connectivity index (χ0) is 17.7. The van der Waals surface area contributed by atoms with Crippen LogP contribution in [0.25, 0.3) is 0 Å². The summed E-state index contributed by atoms with van der Waals surface area (Å²) in [4.78, 5) is 25.7. The number of methoxy groups -OCH3 is 1. The summed E-state index contributed by atoms with van der Waals surface area (Å²) in [6.07, 6.45) is 0.306. The number of ether oxygens (including phenoxy) is 2. The van der Waals surface area contributed by atoms with Gasteiger partial charge < -0.3 is 14.4 Å². The molecule has 2 atom stereocenters. The maximum Gasteiger partial charge on any atom is 0.328 e. The van der Waals surface area contributed by atoms with Crippen LogP contribution in [0.3, 0.4) is 0 Å². The average molecular weight is 355 g/mol. The molecule has 24 heavy (non-hydrogen) atoms. The van der Waals surface area contributed by atoms with Crippen molar-refractivity contribution in [3.05, 3.63) is 30.3 Å². The molecule has 7 nitrogen and oxygen atoms in total. The van der Waals surface area contributed by atoms with Gasteiger partial charge in [-0.15, -0.1) is 0 Å². The Morgan fingerprint density at radius 1 is 1.29 bits per heavy atom. The number of esters is 1. The van der Waals surface area contributed by atoms with Gasteiger partial charge in [0.05, 0.1) is 18.6 Å². The Kier molecular flexibility index (Phi) is 5.82. The van der Waals surface area contributed by atoms with Gasteiger partial charge in [0, 0.05) is 6.04 Å². The summed E-state index contributed by atoms with van der Waals surface area (Å²) in [5, 5.41) is 0. The summed E-state index contributed by atoms with van der Waals surface area (Å²) in [6.45, 7) is 1.25. The number of nitrogens with zero attached hydrogens (tertiary/aromatic N) is 1. The van der Waals surface area contributed by atoms with E-state index >= 15 is 0 Å². The Morgan fingerprint density at radius 2 is 1.96 bits per heavy atom. The Balaban J connectivity index is 2.12. The van der Waals surface area contributed by atoms with Crippen molar-refractivity contribution in [2.45, 2.75) is 25.4 Å². The highest BCUT2D eigenvalue weighted by Crippen LogP contribution is 2.21. The van der Waals surface area contributed by atoms with E-state index in [0.717, 1.165) is 0 Å². The van der Waals surface area contributed by atoms with Gasteiger partial charge in [-0.05, 0) is 25.5 Å². The lowest BCUT2D eigenvalue weighted by Gasteiger charge is -2.32. The predicted octanol–water partition coefficient (Wildman–Crippen LogP) is 0.643. The molecule has 0 aromatic heterocycles. The van der Waals surface area contributed by atoms with Crippen LogP contribution in [-0.2, 0) is 24.2 Å². The maximum atomic E-state index is 12.6. The van der Waals surface area contributed by atoms with E-state index in [2.05, 4.69) is 0 Å². The molecule has 0 bridgehead atoms. The lowest BCUT2D eigenvalue weighted by Crippen LogP contribution is -2.51. The second-order valence-corrected chi connectivity index (χ2v) is 7.89. The summed E-state index contributed by atoms with van der Waals surface area (Å²) in [7, 11) is -1.96. The molecule has 1 saturated heterocycles. The lowest BCUT2D eigenvalue weighted by molar-refractivity contribution is -0.154. The molecular weight excluding hydrogens is 334 g/mol. The highest BCUT2D eigenvalue weighted by Gasteiger charge is 2.39. The number of benzene rings is 1. The quantitative estimate of drug-likeness (QED) is 0.696. The van der Waals surface area contributed by atoms with Crippen molar-refractivity contribution in [2.24, 2.45) is 0 Å². The topological polar surface area (TPSA) is 90.0 Å². The van der Waals surface area contributed by atoms with Crippen LogP contribution >= 0.6 is 0 Å². The third-order valence-corrected chi connectivity index (χ3v) is 5.71. The van der Waals surface area contributed by atoms with Gasteiger partial charge in [0.25, 0.3) is 5.91 Å². The molecule has 1 aliphatic heterocycles. The molecule has 1 amide bonds. The standard InChI is InChI=1S/C16H21NO6S/c1-12(16(19)22-2)17(13-8-9-24(20,21)11-13)15(18)10-23-14-6-4-3-5-7-14/h3-7,12-13H,8-11H2,1-2H3/t12-,13+/m1/s1. The first-order valence-electron chi connectivity index (χ1n) is 7.61. The lowest BCUT2D eigenvalue weighted by atomic mass is 10.1. The normalized spacial score (nSPS) is 20.2. The van der Waals surface area contributed by atoms with E-state index in [-0.39, 0.29) is 18.1 Å². The number of sulfone groups is 1. The van der Waals surface area contributed by atoms with Gasteiger partial charge >= 0.3 is 5.97 Å². The minimum absolute atomic E-state index is 0.00881. The third-order valence-electron chi connectivity index (χ3n) is 3.95. The van der Waals surface area contributed by atoms with Gasteiger partial charge in [0.15, 0.2) is 16.4 Å². The molecule has 0 spiro atoms. The number of hydrogen-bond acceptors (Lipinski definition) is 6. The van der Waals surface area contributed by atoms with Crippen LogP contribution in [-0.4, -0.2) is 62.5 Å². The van der Waals surface area contributed by atoms with E-state index in [9.17, 15) is 18.0 Å². The number of hydrogen-bond donors (Lipinski definition) is 0. The molecule has 1 fully saturated rings. The van der Waals surface area contributed by atoms with Crippen LogP contribution in [0, 0.1) is 0 Å². The minimum Gasteiger partial charge on any atom is -0.484 e. The molecule has 8 heteroatoms. The zero-order valence-electron chi connectivity index (χ0n) is 13.7. The SMILES string of the molecule is COC(=O)[C@@H](C)N(C(=O)COc1ccccc1)[C@H]1CCS(=O)(=O)C1. The summed E-state index contributed by atoms with van der Waals surface area (Å²) >= 11 is 0. The minimum atomic E-state index is -3.19. The van der Waals surface area contributed by atoms with Gasteiger partial charge in [-0.2, -0.15) is 0 Å². The first-order valence-corrected chi connectivity index (χ1v) is 9.43. The fourth-order valence-corrected chi connectivity index (χ4v) is 4.46. The molecule has 0 radical (unpaired) electrons. The van der Waals surface area contributed by atoms with Crippen molar-refractivity contribution in [3.63, 3.8) is 0 Å². The summed E-state index contributed by atoms with van der Waals surface area (Å²) in [5.41, 5.74) is 0. The Hall–Kier alpha value is -2.09. The number of rotatable bonds is 6. The third kappa shape index (κ3) is 4.47. The van der Waals surface area contributed by atoms with Crippen LogP contribution in [0.15, 0.2) is 30.3 Å². The molecule has 132 valence electrons. The average Bonchev–Trinajstić information content (AvgIpc) is 2.92. The maximum absolute atomic E-state index is 12.6. The molecule has 1 aromatic rings. The monoisotopic (exact) mass is 355 g/mol.